The second-order valence-corrected chi connectivity index (χ2v) is 1.22. The summed E-state index contributed by atoms with van der Waals surface area (Å²) in [4.78, 5) is 9.65. The standard InChI is InChI=1S/C4H8O3.K.H/c5-3-1-2-4(6)7;;/h5H,1-3H2,(H,6,7);;/q;+1;-1. The first-order valence-electron chi connectivity index (χ1n) is 2.10. The molecule has 0 aromatic heterocycles. The Labute approximate surface area is 92.0 Å². The van der Waals surface area contributed by atoms with Gasteiger partial charge >= 0.3 is 57.4 Å². The predicted molar refractivity (Wildman–Crippen MR) is 25.1 cm³/mol. The Hall–Kier alpha value is 1.07. The molecule has 0 spiro atoms. The van der Waals surface area contributed by atoms with Crippen LogP contribution in [-0.4, -0.2) is 22.8 Å². The van der Waals surface area contributed by atoms with E-state index >= 15 is 0 Å². The Morgan fingerprint density at radius 3 is 2.25 bits per heavy atom. The zero-order valence-corrected chi connectivity index (χ0v) is 8.05. The summed E-state index contributed by atoms with van der Waals surface area (Å²) in [6, 6.07) is 0. The summed E-state index contributed by atoms with van der Waals surface area (Å²) in [7, 11) is 0. The summed E-state index contributed by atoms with van der Waals surface area (Å²) in [5.41, 5.74) is 0. The molecule has 0 rings (SSSR count). The largest absolute Gasteiger partial charge is 1.00 e. The minimum Gasteiger partial charge on any atom is -1.00 e. The Morgan fingerprint density at radius 2 is 2.12 bits per heavy atom. The van der Waals surface area contributed by atoms with Crippen molar-refractivity contribution in [3.8, 4) is 0 Å². The Kier molecular flexibility index (Phi) is 11.9. The molecule has 0 atom stereocenters. The molecule has 4 heteroatoms. The number of aliphatic hydroxyl groups excluding tert-OH is 1. The van der Waals surface area contributed by atoms with Gasteiger partial charge in [0.1, 0.15) is 0 Å². The third-order valence-electron chi connectivity index (χ3n) is 0.549. The molecular weight excluding hydrogens is 135 g/mol. The normalized spacial score (nSPS) is 7.62. The van der Waals surface area contributed by atoms with E-state index in [0.29, 0.717) is 6.42 Å². The third kappa shape index (κ3) is 10.1. The van der Waals surface area contributed by atoms with Gasteiger partial charge in [0.25, 0.3) is 0 Å². The van der Waals surface area contributed by atoms with E-state index in [2.05, 4.69) is 0 Å². The maximum absolute atomic E-state index is 9.65. The first-order chi connectivity index (χ1) is 3.27. The Balaban J connectivity index is -0.000000180. The fraction of sp³-hybridized carbons (Fsp3) is 0.750. The smallest absolute Gasteiger partial charge is 1.00 e. The second-order valence-electron chi connectivity index (χ2n) is 1.22. The van der Waals surface area contributed by atoms with E-state index in [1.165, 1.54) is 0 Å². The monoisotopic (exact) mass is 144 g/mol. The SMILES string of the molecule is O=C(O)CCCO.[H-].[K+]. The Morgan fingerprint density at radius 1 is 1.62 bits per heavy atom. The Bertz CT molecular complexity index is 68.8. The summed E-state index contributed by atoms with van der Waals surface area (Å²) >= 11 is 0. The van der Waals surface area contributed by atoms with Crippen LogP contribution in [0.5, 0.6) is 0 Å². The van der Waals surface area contributed by atoms with Crippen molar-refractivity contribution >= 4 is 5.97 Å². The molecule has 3 nitrogen and oxygen atoms in total. The van der Waals surface area contributed by atoms with E-state index in [4.69, 9.17) is 10.2 Å². The molecule has 0 aliphatic rings. The molecule has 0 amide bonds. The minimum atomic E-state index is -0.853. The van der Waals surface area contributed by atoms with Crippen LogP contribution in [-0.2, 0) is 4.79 Å². The number of carbonyl (C=O) groups is 1. The van der Waals surface area contributed by atoms with Gasteiger partial charge in [0, 0.05) is 13.0 Å². The van der Waals surface area contributed by atoms with Crippen LogP contribution in [0.2, 0.25) is 0 Å². The molecule has 0 radical (unpaired) electrons. The molecule has 0 aromatic carbocycles. The van der Waals surface area contributed by atoms with E-state index in [9.17, 15) is 4.79 Å². The molecule has 0 aliphatic heterocycles. The molecular formula is C4H9KO3. The van der Waals surface area contributed by atoms with E-state index in [0.717, 1.165) is 0 Å². The van der Waals surface area contributed by atoms with Crippen LogP contribution in [0.3, 0.4) is 0 Å². The number of hydrogen-bond acceptors (Lipinski definition) is 2. The van der Waals surface area contributed by atoms with Crippen LogP contribution < -0.4 is 51.4 Å². The molecule has 0 heterocycles. The molecule has 0 bridgehead atoms. The maximum Gasteiger partial charge on any atom is 1.00 e. The molecule has 0 saturated heterocycles. The predicted octanol–water partition coefficient (Wildman–Crippen LogP) is -3.04. The van der Waals surface area contributed by atoms with E-state index < -0.39 is 5.97 Å². The van der Waals surface area contributed by atoms with Crippen molar-refractivity contribution in [1.29, 1.82) is 0 Å². The first-order valence-corrected chi connectivity index (χ1v) is 2.10. The number of aliphatic hydroxyl groups is 1. The van der Waals surface area contributed by atoms with E-state index in [-0.39, 0.29) is 65.8 Å². The zero-order chi connectivity index (χ0) is 5.70. The van der Waals surface area contributed by atoms with Crippen LogP contribution in [0.25, 0.3) is 0 Å². The van der Waals surface area contributed by atoms with Crippen LogP contribution in [0, 0.1) is 0 Å². The molecule has 0 fully saturated rings. The van der Waals surface area contributed by atoms with Gasteiger partial charge in [0.05, 0.1) is 0 Å². The summed E-state index contributed by atoms with van der Waals surface area (Å²) < 4.78 is 0. The number of aliphatic carboxylic acids is 1. The molecule has 0 unspecified atom stereocenters. The first kappa shape index (κ1) is 11.8. The fourth-order valence-electron chi connectivity index (χ4n) is 0.230. The molecule has 44 valence electrons. The number of rotatable bonds is 3. The van der Waals surface area contributed by atoms with Crippen LogP contribution >= 0.6 is 0 Å². The summed E-state index contributed by atoms with van der Waals surface area (Å²) in [6.45, 7) is -0.0354. The van der Waals surface area contributed by atoms with Gasteiger partial charge in [-0.25, -0.2) is 0 Å². The van der Waals surface area contributed by atoms with Gasteiger partial charge in [-0.05, 0) is 6.42 Å². The molecule has 0 aliphatic carbocycles. The van der Waals surface area contributed by atoms with Gasteiger partial charge in [-0.2, -0.15) is 0 Å². The van der Waals surface area contributed by atoms with Gasteiger partial charge < -0.3 is 11.6 Å². The van der Waals surface area contributed by atoms with Crippen molar-refractivity contribution in [1.82, 2.24) is 0 Å². The third-order valence-corrected chi connectivity index (χ3v) is 0.549. The topological polar surface area (TPSA) is 57.5 Å². The molecule has 0 saturated carbocycles. The average Bonchev–Trinajstić information content (AvgIpc) is 1.61. The number of hydrogen-bond donors (Lipinski definition) is 2. The summed E-state index contributed by atoms with van der Waals surface area (Å²) in [5, 5.41) is 16.0. The van der Waals surface area contributed by atoms with Gasteiger partial charge in [-0.1, -0.05) is 0 Å². The van der Waals surface area contributed by atoms with E-state index in [1.807, 2.05) is 0 Å². The zero-order valence-electron chi connectivity index (χ0n) is 5.92. The minimum absolute atomic E-state index is 0. The van der Waals surface area contributed by atoms with Crippen molar-refractivity contribution in [2.45, 2.75) is 12.8 Å². The van der Waals surface area contributed by atoms with Crippen molar-refractivity contribution in [2.24, 2.45) is 0 Å². The fourth-order valence-corrected chi connectivity index (χ4v) is 0.230. The second kappa shape index (κ2) is 8.07. The molecule has 2 N–H and O–H groups in total. The summed E-state index contributed by atoms with van der Waals surface area (Å²) in [6.07, 6.45) is 0.422. The van der Waals surface area contributed by atoms with Crippen molar-refractivity contribution in [3.63, 3.8) is 0 Å². The maximum atomic E-state index is 9.65. The summed E-state index contributed by atoms with van der Waals surface area (Å²) in [5.74, 6) is -0.853. The molecule has 8 heavy (non-hydrogen) atoms. The average molecular weight is 144 g/mol. The van der Waals surface area contributed by atoms with Gasteiger partial charge in [0.15, 0.2) is 0 Å². The van der Waals surface area contributed by atoms with Gasteiger partial charge in [-0.15, -0.1) is 0 Å². The van der Waals surface area contributed by atoms with Gasteiger partial charge in [-0.3, -0.25) is 4.79 Å². The molecule has 0 aromatic rings. The van der Waals surface area contributed by atoms with Crippen molar-refractivity contribution < 1.29 is 67.8 Å². The van der Waals surface area contributed by atoms with Crippen molar-refractivity contribution in [2.75, 3.05) is 6.61 Å². The number of carboxylic acid groups (broad SMARTS) is 1. The number of carboxylic acids is 1. The van der Waals surface area contributed by atoms with Crippen LogP contribution in [0.4, 0.5) is 0 Å². The van der Waals surface area contributed by atoms with E-state index in [1.54, 1.807) is 0 Å². The van der Waals surface area contributed by atoms with Crippen LogP contribution in [0.15, 0.2) is 0 Å². The quantitative estimate of drug-likeness (QED) is 0.414. The van der Waals surface area contributed by atoms with Crippen molar-refractivity contribution in [3.05, 3.63) is 0 Å². The van der Waals surface area contributed by atoms with Crippen LogP contribution in [0.1, 0.15) is 14.3 Å². The van der Waals surface area contributed by atoms with Gasteiger partial charge in [0.2, 0.25) is 0 Å².